The maximum atomic E-state index is 14.5. The van der Waals surface area contributed by atoms with E-state index < -0.39 is 12.3 Å². The number of nitrogens with one attached hydrogen (secondary N) is 2. The second kappa shape index (κ2) is 10.3. The number of para-hydroxylation sites is 1. The molecular formula is C27H28FN7O2. The summed E-state index contributed by atoms with van der Waals surface area (Å²) in [5.41, 5.74) is 2.84. The molecule has 190 valence electrons. The van der Waals surface area contributed by atoms with Gasteiger partial charge in [-0.1, -0.05) is 6.07 Å². The van der Waals surface area contributed by atoms with Gasteiger partial charge in [-0.05, 0) is 62.2 Å². The van der Waals surface area contributed by atoms with E-state index >= 15 is 0 Å². The predicted octanol–water partition coefficient (Wildman–Crippen LogP) is 3.60. The summed E-state index contributed by atoms with van der Waals surface area (Å²) in [5, 5.41) is 15.9. The fraction of sp³-hybridized carbons (Fsp3) is 0.407. The van der Waals surface area contributed by atoms with Gasteiger partial charge in [0, 0.05) is 31.0 Å². The molecule has 4 atom stereocenters. The fourth-order valence-electron chi connectivity index (χ4n) is 5.21. The average molecular weight is 502 g/mol. The third kappa shape index (κ3) is 5.05. The molecule has 6 rings (SSSR count). The third-order valence-corrected chi connectivity index (χ3v) is 7.10. The molecule has 4 heterocycles. The molecule has 1 aromatic heterocycles. The minimum Gasteiger partial charge on any atom is -0.485 e. The fourth-order valence-corrected chi connectivity index (χ4v) is 5.21. The second-order valence-corrected chi connectivity index (χ2v) is 9.63. The first-order valence-corrected chi connectivity index (χ1v) is 12.7. The number of aromatic nitrogens is 3. The van der Waals surface area contributed by atoms with Gasteiger partial charge in [-0.2, -0.15) is 10.2 Å². The summed E-state index contributed by atoms with van der Waals surface area (Å²) < 4.78 is 26.5. The summed E-state index contributed by atoms with van der Waals surface area (Å²) in [6.45, 7) is 2.72. The number of rotatable bonds is 6. The van der Waals surface area contributed by atoms with Crippen molar-refractivity contribution in [2.75, 3.05) is 36.4 Å². The number of fused-ring (bicyclic) bond motifs is 2. The van der Waals surface area contributed by atoms with Crippen LogP contribution >= 0.6 is 0 Å². The van der Waals surface area contributed by atoms with Crippen LogP contribution in [0, 0.1) is 11.3 Å². The summed E-state index contributed by atoms with van der Waals surface area (Å²) in [7, 11) is 0. The Balaban J connectivity index is 1.21. The van der Waals surface area contributed by atoms with E-state index in [1.54, 1.807) is 18.2 Å². The van der Waals surface area contributed by atoms with Crippen LogP contribution in [0.1, 0.15) is 24.8 Å². The van der Waals surface area contributed by atoms with Gasteiger partial charge in [0.05, 0.1) is 23.3 Å². The van der Waals surface area contributed by atoms with Crippen LogP contribution in [0.2, 0.25) is 0 Å². The van der Waals surface area contributed by atoms with Gasteiger partial charge in [0.15, 0.2) is 5.82 Å². The molecule has 9 nitrogen and oxygen atoms in total. The molecule has 37 heavy (non-hydrogen) atoms. The summed E-state index contributed by atoms with van der Waals surface area (Å²) in [4.78, 5) is 15.5. The Labute approximate surface area is 214 Å². The largest absolute Gasteiger partial charge is 0.485 e. The summed E-state index contributed by atoms with van der Waals surface area (Å²) in [6, 6.07) is 15.5. The number of nitriles is 1. The number of hydrogen-bond acceptors (Lipinski definition) is 9. The molecule has 0 amide bonds. The van der Waals surface area contributed by atoms with E-state index in [0.29, 0.717) is 53.8 Å². The number of halogens is 1. The number of ether oxygens (including phenoxy) is 2. The molecule has 3 aliphatic rings. The zero-order valence-electron chi connectivity index (χ0n) is 20.3. The molecule has 10 heteroatoms. The monoisotopic (exact) mass is 501 g/mol. The standard InChI is InChI=1S/C27H28FN7O2/c28-23-13-30-11-10-24(23)37-25-17(12-29)2-1-3-22(25)26-31-16-32-27(34-26)33-18-4-6-19(7-5-18)35-14-20-8-9-21(15-35)36-20/h1-7,16,20-21,23-24,30H,8-11,13-15H2,(H,31,32,33,34)/t20?,21?,23-,24+/m1/s1. The Hall–Kier alpha value is -3.81. The van der Waals surface area contributed by atoms with Gasteiger partial charge in [0.25, 0.3) is 0 Å². The molecule has 2 bridgehead atoms. The maximum Gasteiger partial charge on any atom is 0.230 e. The Morgan fingerprint density at radius 1 is 1.08 bits per heavy atom. The van der Waals surface area contributed by atoms with Gasteiger partial charge in [-0.15, -0.1) is 0 Å². The van der Waals surface area contributed by atoms with Crippen LogP contribution in [0.15, 0.2) is 48.8 Å². The number of piperidine rings is 1. The van der Waals surface area contributed by atoms with Crippen LogP contribution in [-0.4, -0.2) is 65.6 Å². The molecule has 2 N–H and O–H groups in total. The smallest absolute Gasteiger partial charge is 0.230 e. The SMILES string of the molecule is N#Cc1cccc(-c2ncnc(Nc3ccc(N4CC5CCC(C4)O5)cc3)n2)c1O[C@H]1CCNC[C@H]1F. The van der Waals surface area contributed by atoms with Crippen molar-refractivity contribution >= 4 is 17.3 Å². The van der Waals surface area contributed by atoms with Crippen molar-refractivity contribution in [1.29, 1.82) is 5.26 Å². The van der Waals surface area contributed by atoms with Crippen molar-refractivity contribution < 1.29 is 13.9 Å². The van der Waals surface area contributed by atoms with E-state index in [1.165, 1.54) is 12.0 Å². The molecule has 3 aromatic rings. The second-order valence-electron chi connectivity index (χ2n) is 9.63. The van der Waals surface area contributed by atoms with Crippen LogP contribution < -0.4 is 20.3 Å². The van der Waals surface area contributed by atoms with E-state index in [2.05, 4.69) is 48.7 Å². The molecule has 2 aromatic carbocycles. The van der Waals surface area contributed by atoms with E-state index in [-0.39, 0.29) is 6.54 Å². The number of nitrogens with zero attached hydrogens (tertiary/aromatic N) is 5. The van der Waals surface area contributed by atoms with Crippen molar-refractivity contribution in [2.45, 2.75) is 43.7 Å². The Morgan fingerprint density at radius 3 is 2.65 bits per heavy atom. The van der Waals surface area contributed by atoms with Gasteiger partial charge in [-0.25, -0.2) is 14.4 Å². The van der Waals surface area contributed by atoms with E-state index in [0.717, 1.165) is 31.6 Å². The zero-order chi connectivity index (χ0) is 25.2. The highest BCUT2D eigenvalue weighted by Gasteiger charge is 2.33. The normalized spacial score (nSPS) is 24.9. The minimum absolute atomic E-state index is 0.222. The number of morpholine rings is 1. The van der Waals surface area contributed by atoms with E-state index in [1.807, 2.05) is 12.1 Å². The molecule has 3 fully saturated rings. The molecule has 0 aliphatic carbocycles. The molecule has 3 saturated heterocycles. The van der Waals surface area contributed by atoms with E-state index in [9.17, 15) is 9.65 Å². The lowest BCUT2D eigenvalue weighted by molar-refractivity contribution is 0.0305. The van der Waals surface area contributed by atoms with Crippen molar-refractivity contribution in [3.8, 4) is 23.2 Å². The van der Waals surface area contributed by atoms with Crippen LogP contribution in [-0.2, 0) is 4.74 Å². The quantitative estimate of drug-likeness (QED) is 0.524. The summed E-state index contributed by atoms with van der Waals surface area (Å²) in [5.74, 6) is 0.996. The highest BCUT2D eigenvalue weighted by molar-refractivity contribution is 5.70. The Bertz CT molecular complexity index is 1290. The van der Waals surface area contributed by atoms with E-state index in [4.69, 9.17) is 9.47 Å². The van der Waals surface area contributed by atoms with Crippen LogP contribution in [0.25, 0.3) is 11.4 Å². The summed E-state index contributed by atoms with van der Waals surface area (Å²) in [6.07, 6.45) is 3.05. The average Bonchev–Trinajstić information content (AvgIpc) is 3.27. The third-order valence-electron chi connectivity index (χ3n) is 7.10. The first-order valence-electron chi connectivity index (χ1n) is 12.7. The van der Waals surface area contributed by atoms with Crippen LogP contribution in [0.4, 0.5) is 21.7 Å². The van der Waals surface area contributed by atoms with Crippen molar-refractivity contribution in [3.05, 3.63) is 54.4 Å². The number of anilines is 3. The zero-order valence-corrected chi connectivity index (χ0v) is 20.3. The number of benzene rings is 2. The van der Waals surface area contributed by atoms with Crippen LogP contribution in [0.5, 0.6) is 5.75 Å². The van der Waals surface area contributed by atoms with Crippen molar-refractivity contribution in [3.63, 3.8) is 0 Å². The van der Waals surface area contributed by atoms with Gasteiger partial charge < -0.3 is 25.0 Å². The highest BCUT2D eigenvalue weighted by Crippen LogP contribution is 2.34. The first kappa shape index (κ1) is 23.6. The van der Waals surface area contributed by atoms with Crippen molar-refractivity contribution in [1.82, 2.24) is 20.3 Å². The maximum absolute atomic E-state index is 14.5. The number of hydrogen-bond donors (Lipinski definition) is 2. The molecule has 0 saturated carbocycles. The van der Waals surface area contributed by atoms with Gasteiger partial charge in [-0.3, -0.25) is 0 Å². The minimum atomic E-state index is -1.17. The molecule has 2 unspecified atom stereocenters. The molecule has 3 aliphatic heterocycles. The van der Waals surface area contributed by atoms with Gasteiger partial charge >= 0.3 is 0 Å². The lowest BCUT2D eigenvalue weighted by Gasteiger charge is -2.33. The van der Waals surface area contributed by atoms with Gasteiger partial charge in [0.2, 0.25) is 5.95 Å². The van der Waals surface area contributed by atoms with Crippen LogP contribution in [0.3, 0.4) is 0 Å². The molecule has 0 spiro atoms. The lowest BCUT2D eigenvalue weighted by atomic mass is 10.1. The topological polar surface area (TPSA) is 108 Å². The molecular weight excluding hydrogens is 473 g/mol. The Morgan fingerprint density at radius 2 is 1.89 bits per heavy atom. The molecule has 0 radical (unpaired) electrons. The lowest BCUT2D eigenvalue weighted by Crippen LogP contribution is -2.44. The first-order chi connectivity index (χ1) is 18.2. The van der Waals surface area contributed by atoms with Gasteiger partial charge in [0.1, 0.15) is 30.4 Å². The summed E-state index contributed by atoms with van der Waals surface area (Å²) >= 11 is 0. The Kier molecular flexibility index (Phi) is 6.55. The highest BCUT2D eigenvalue weighted by atomic mass is 19.1. The van der Waals surface area contributed by atoms with Crippen molar-refractivity contribution in [2.24, 2.45) is 0 Å². The predicted molar refractivity (Wildman–Crippen MR) is 137 cm³/mol. The number of alkyl halides is 1.